The van der Waals surface area contributed by atoms with E-state index in [0.717, 1.165) is 11.1 Å². The maximum atomic E-state index is 10.9. The Hall–Kier alpha value is -1.06. The molecule has 130 valence electrons. The first-order valence-corrected chi connectivity index (χ1v) is 8.56. The van der Waals surface area contributed by atoms with Gasteiger partial charge in [0.15, 0.2) is 6.29 Å². The van der Waals surface area contributed by atoms with E-state index in [-0.39, 0.29) is 23.0 Å². The molecule has 1 heterocycles. The molecule has 2 rings (SSSR count). The maximum Gasteiger partial charge on any atom is 0.183 e. The fourth-order valence-electron chi connectivity index (χ4n) is 2.99. The summed E-state index contributed by atoms with van der Waals surface area (Å²) in [4.78, 5) is 0. The van der Waals surface area contributed by atoms with Gasteiger partial charge in [-0.2, -0.15) is 0 Å². The maximum absolute atomic E-state index is 10.9. The zero-order chi connectivity index (χ0) is 17.4. The number of hydrogen-bond acceptors (Lipinski definition) is 3. The molecule has 23 heavy (non-hydrogen) atoms. The summed E-state index contributed by atoms with van der Waals surface area (Å²) in [5.74, 6) is 0.864. The van der Waals surface area contributed by atoms with Crippen molar-refractivity contribution in [3.63, 3.8) is 0 Å². The molecule has 1 N–H and O–H groups in total. The van der Waals surface area contributed by atoms with E-state index in [0.29, 0.717) is 24.9 Å². The lowest BCUT2D eigenvalue weighted by molar-refractivity contribution is -0.175. The number of rotatable bonds is 1. The van der Waals surface area contributed by atoms with Gasteiger partial charge in [-0.05, 0) is 22.5 Å². The monoisotopic (exact) mass is 320 g/mol. The average Bonchev–Trinajstić information content (AvgIpc) is 2.58. The predicted molar refractivity (Wildman–Crippen MR) is 94.1 cm³/mol. The molecule has 2 aliphatic rings. The Balaban J connectivity index is 2.42. The van der Waals surface area contributed by atoms with Crippen LogP contribution in [0.2, 0.25) is 0 Å². The van der Waals surface area contributed by atoms with Crippen LogP contribution in [0.5, 0.6) is 0 Å². The fraction of sp³-hybridized carbons (Fsp3) is 0.700. The summed E-state index contributed by atoms with van der Waals surface area (Å²) < 4.78 is 11.7. The number of ether oxygens (including phenoxy) is 2. The molecule has 0 aromatic carbocycles. The lowest BCUT2D eigenvalue weighted by Gasteiger charge is -2.31. The molecule has 0 saturated carbocycles. The molecular weight excluding hydrogens is 288 g/mol. The molecule has 1 saturated heterocycles. The van der Waals surface area contributed by atoms with Crippen molar-refractivity contribution in [3.8, 4) is 0 Å². The van der Waals surface area contributed by atoms with Crippen LogP contribution in [0, 0.1) is 22.7 Å². The van der Waals surface area contributed by atoms with Crippen LogP contribution in [0.25, 0.3) is 0 Å². The second-order valence-electron chi connectivity index (χ2n) is 9.00. The van der Waals surface area contributed by atoms with Crippen LogP contribution in [0.4, 0.5) is 0 Å². The highest BCUT2D eigenvalue weighted by Crippen LogP contribution is 2.41. The highest BCUT2D eigenvalue weighted by atomic mass is 16.7. The van der Waals surface area contributed by atoms with Gasteiger partial charge in [-0.15, -0.1) is 0 Å². The smallest absolute Gasteiger partial charge is 0.183 e. The van der Waals surface area contributed by atoms with Gasteiger partial charge in [0.25, 0.3) is 0 Å². The SMILES string of the molecule is CC1COC(C2=CC(C(C)(C)C)=C(O)C(C(C)(C)C)C=C2)OC1. The first-order valence-electron chi connectivity index (χ1n) is 8.56. The number of hydrogen-bond donors (Lipinski definition) is 1. The molecule has 1 aliphatic heterocycles. The molecule has 3 heteroatoms. The lowest BCUT2D eigenvalue weighted by Crippen LogP contribution is -2.31. The van der Waals surface area contributed by atoms with E-state index in [9.17, 15) is 5.11 Å². The Morgan fingerprint density at radius 2 is 1.61 bits per heavy atom. The van der Waals surface area contributed by atoms with Crippen molar-refractivity contribution in [1.29, 1.82) is 0 Å². The van der Waals surface area contributed by atoms with Crippen molar-refractivity contribution in [2.45, 2.75) is 54.8 Å². The van der Waals surface area contributed by atoms with Crippen molar-refractivity contribution < 1.29 is 14.6 Å². The van der Waals surface area contributed by atoms with Gasteiger partial charge in [0.1, 0.15) is 5.76 Å². The number of aliphatic hydroxyl groups excluding tert-OH is 1. The second-order valence-corrected chi connectivity index (χ2v) is 9.00. The topological polar surface area (TPSA) is 38.7 Å². The van der Waals surface area contributed by atoms with E-state index in [1.54, 1.807) is 0 Å². The van der Waals surface area contributed by atoms with Gasteiger partial charge in [-0.3, -0.25) is 0 Å². The summed E-state index contributed by atoms with van der Waals surface area (Å²) in [5, 5.41) is 10.9. The van der Waals surface area contributed by atoms with Crippen molar-refractivity contribution in [1.82, 2.24) is 0 Å². The Labute approximate surface area is 141 Å². The molecule has 0 spiro atoms. The second kappa shape index (κ2) is 6.45. The minimum Gasteiger partial charge on any atom is -0.511 e. The molecule has 1 unspecified atom stereocenters. The summed E-state index contributed by atoms with van der Waals surface area (Å²) in [6.45, 7) is 16.4. The summed E-state index contributed by atoms with van der Waals surface area (Å²) in [6, 6.07) is 0. The van der Waals surface area contributed by atoms with Gasteiger partial charge < -0.3 is 14.6 Å². The molecule has 3 nitrogen and oxygen atoms in total. The molecule has 1 aliphatic carbocycles. The first-order chi connectivity index (χ1) is 10.5. The highest BCUT2D eigenvalue weighted by molar-refractivity contribution is 5.41. The number of allylic oxidation sites excluding steroid dienone is 3. The van der Waals surface area contributed by atoms with E-state index in [1.165, 1.54) is 0 Å². The Kier molecular flexibility index (Phi) is 5.12. The third kappa shape index (κ3) is 4.27. The molecule has 0 aromatic rings. The molecule has 1 fully saturated rings. The van der Waals surface area contributed by atoms with Crippen molar-refractivity contribution in [2.75, 3.05) is 13.2 Å². The van der Waals surface area contributed by atoms with Crippen LogP contribution >= 0.6 is 0 Å². The van der Waals surface area contributed by atoms with Gasteiger partial charge in [0.05, 0.1) is 13.2 Å². The van der Waals surface area contributed by atoms with Crippen LogP contribution < -0.4 is 0 Å². The van der Waals surface area contributed by atoms with Gasteiger partial charge in [0, 0.05) is 17.4 Å². The van der Waals surface area contributed by atoms with Crippen molar-refractivity contribution in [2.24, 2.45) is 22.7 Å². The Morgan fingerprint density at radius 1 is 1.04 bits per heavy atom. The van der Waals surface area contributed by atoms with E-state index < -0.39 is 0 Å². The van der Waals surface area contributed by atoms with Crippen LogP contribution in [0.3, 0.4) is 0 Å². The van der Waals surface area contributed by atoms with Crippen molar-refractivity contribution >= 4 is 0 Å². The average molecular weight is 320 g/mol. The normalized spacial score (nSPS) is 30.2. The minimum absolute atomic E-state index is 0.0204. The fourth-order valence-corrected chi connectivity index (χ4v) is 2.99. The molecule has 0 bridgehead atoms. The Morgan fingerprint density at radius 3 is 2.09 bits per heavy atom. The Bertz CT molecular complexity index is 518. The van der Waals surface area contributed by atoms with Gasteiger partial charge in [-0.1, -0.05) is 60.6 Å². The van der Waals surface area contributed by atoms with Gasteiger partial charge in [-0.25, -0.2) is 0 Å². The van der Waals surface area contributed by atoms with Crippen LogP contribution in [0.1, 0.15) is 48.5 Å². The molecule has 0 aromatic heterocycles. The highest BCUT2D eigenvalue weighted by Gasteiger charge is 2.34. The largest absolute Gasteiger partial charge is 0.511 e. The van der Waals surface area contributed by atoms with Crippen molar-refractivity contribution in [3.05, 3.63) is 35.1 Å². The predicted octanol–water partition coefficient (Wildman–Crippen LogP) is 5.01. The summed E-state index contributed by atoms with van der Waals surface area (Å²) >= 11 is 0. The molecule has 0 radical (unpaired) electrons. The van der Waals surface area contributed by atoms with Gasteiger partial charge >= 0.3 is 0 Å². The zero-order valence-corrected chi connectivity index (χ0v) is 15.6. The minimum atomic E-state index is -0.341. The quantitative estimate of drug-likeness (QED) is 0.738. The lowest BCUT2D eigenvalue weighted by atomic mass is 9.75. The standard InChI is InChI=1S/C20H32O3/c1-13-11-22-18(23-12-13)14-8-9-15(19(2,3)4)17(21)16(10-14)20(5,6)7/h8-10,13,15,18,21H,11-12H2,1-7H3. The van der Waals surface area contributed by atoms with Gasteiger partial charge in [0.2, 0.25) is 0 Å². The zero-order valence-electron chi connectivity index (χ0n) is 15.6. The first kappa shape index (κ1) is 18.3. The summed E-state index contributed by atoms with van der Waals surface area (Å²) in [7, 11) is 0. The summed E-state index contributed by atoms with van der Waals surface area (Å²) in [6.07, 6.45) is 5.86. The van der Waals surface area contributed by atoms with E-state index in [2.05, 4.69) is 66.7 Å². The van der Waals surface area contributed by atoms with E-state index in [4.69, 9.17) is 9.47 Å². The van der Waals surface area contributed by atoms with Crippen LogP contribution in [0.15, 0.2) is 35.1 Å². The van der Waals surface area contributed by atoms with Crippen LogP contribution in [-0.4, -0.2) is 24.6 Å². The van der Waals surface area contributed by atoms with Crippen LogP contribution in [-0.2, 0) is 9.47 Å². The summed E-state index contributed by atoms with van der Waals surface area (Å²) in [5.41, 5.74) is 1.75. The molecular formula is C20H32O3. The molecule has 1 atom stereocenters. The molecule has 0 amide bonds. The number of aliphatic hydroxyl groups is 1. The third-order valence-corrected chi connectivity index (χ3v) is 4.44. The van der Waals surface area contributed by atoms with E-state index >= 15 is 0 Å². The third-order valence-electron chi connectivity index (χ3n) is 4.44. The van der Waals surface area contributed by atoms with E-state index in [1.807, 2.05) is 0 Å².